The number of nitrogens with two attached hydrogens (primary N) is 1. The Hall–Kier alpha value is -3.34. The van der Waals surface area contributed by atoms with E-state index in [4.69, 9.17) is 5.73 Å². The molecule has 3 rings (SSSR count). The van der Waals surface area contributed by atoms with Crippen LogP contribution in [0, 0.1) is 0 Å². The second-order valence-electron chi connectivity index (χ2n) is 5.62. The summed E-state index contributed by atoms with van der Waals surface area (Å²) in [5.74, 6) is -0.491. The van der Waals surface area contributed by atoms with Crippen molar-refractivity contribution in [3.8, 4) is 0 Å². The summed E-state index contributed by atoms with van der Waals surface area (Å²) in [5, 5.41) is 3.22. The van der Waals surface area contributed by atoms with E-state index in [1.165, 1.54) is 6.20 Å². The average molecular weight is 319 g/mol. The predicted octanol–water partition coefficient (Wildman–Crippen LogP) is 3.40. The number of carbonyl (C=O) groups excluding carboxylic acids is 1. The van der Waals surface area contributed by atoms with Gasteiger partial charge in [0.25, 0.3) is 5.91 Å². The Morgan fingerprint density at radius 3 is 2.67 bits per heavy atom. The molecular weight excluding hydrogens is 302 g/mol. The van der Waals surface area contributed by atoms with Crippen LogP contribution in [-0.2, 0) is 0 Å². The van der Waals surface area contributed by atoms with Gasteiger partial charge in [-0.3, -0.25) is 9.59 Å². The minimum absolute atomic E-state index is 0.0452. The summed E-state index contributed by atoms with van der Waals surface area (Å²) in [4.78, 5) is 28.1. The zero-order valence-electron chi connectivity index (χ0n) is 13.2. The van der Waals surface area contributed by atoms with Crippen molar-refractivity contribution in [2.24, 2.45) is 0 Å². The number of fused-ring (bicyclic) bond motifs is 1. The SMILES string of the molecule is C=C(C)c1ccc(N)cc1NC(=O)c1c[nH]c2ccccc2c1=O. The van der Waals surface area contributed by atoms with Crippen LogP contribution in [0.3, 0.4) is 0 Å². The summed E-state index contributed by atoms with van der Waals surface area (Å²) in [6, 6.07) is 12.2. The number of rotatable bonds is 3. The highest BCUT2D eigenvalue weighted by molar-refractivity contribution is 6.07. The largest absolute Gasteiger partial charge is 0.399 e. The van der Waals surface area contributed by atoms with Crippen LogP contribution in [0.5, 0.6) is 0 Å². The number of anilines is 2. The van der Waals surface area contributed by atoms with Crippen LogP contribution in [0.15, 0.2) is 60.0 Å². The molecule has 3 aromatic rings. The maximum Gasteiger partial charge on any atom is 0.261 e. The van der Waals surface area contributed by atoms with Gasteiger partial charge in [-0.25, -0.2) is 0 Å². The lowest BCUT2D eigenvalue weighted by Crippen LogP contribution is -2.22. The third-order valence-corrected chi connectivity index (χ3v) is 3.78. The number of H-pyrrole nitrogens is 1. The monoisotopic (exact) mass is 319 g/mol. The third kappa shape index (κ3) is 2.79. The number of hydrogen-bond donors (Lipinski definition) is 3. The average Bonchev–Trinajstić information content (AvgIpc) is 2.55. The normalized spacial score (nSPS) is 10.5. The molecule has 5 nitrogen and oxygen atoms in total. The molecule has 0 atom stereocenters. The highest BCUT2D eigenvalue weighted by atomic mass is 16.2. The molecule has 120 valence electrons. The standard InChI is InChI=1S/C19H17N3O2/c1-11(2)13-8-7-12(20)9-17(13)22-19(24)15-10-21-16-6-4-3-5-14(16)18(15)23/h3-10H,1,20H2,2H3,(H,21,23)(H,22,24). The van der Waals surface area contributed by atoms with E-state index < -0.39 is 5.91 Å². The molecule has 0 radical (unpaired) electrons. The van der Waals surface area contributed by atoms with Crippen molar-refractivity contribution in [3.05, 3.63) is 76.6 Å². The van der Waals surface area contributed by atoms with Gasteiger partial charge in [0.2, 0.25) is 5.43 Å². The molecule has 1 aromatic heterocycles. The summed E-state index contributed by atoms with van der Waals surface area (Å²) >= 11 is 0. The fourth-order valence-corrected chi connectivity index (χ4v) is 2.56. The third-order valence-electron chi connectivity index (χ3n) is 3.78. The Morgan fingerprint density at radius 2 is 1.92 bits per heavy atom. The maximum absolute atomic E-state index is 12.6. The lowest BCUT2D eigenvalue weighted by atomic mass is 10.1. The van der Waals surface area contributed by atoms with Gasteiger partial charge in [-0.05, 0) is 36.8 Å². The topological polar surface area (TPSA) is 88.0 Å². The molecule has 0 saturated heterocycles. The number of hydrogen-bond acceptors (Lipinski definition) is 3. The van der Waals surface area contributed by atoms with Crippen LogP contribution in [-0.4, -0.2) is 10.9 Å². The van der Waals surface area contributed by atoms with Gasteiger partial charge < -0.3 is 16.0 Å². The first-order valence-corrected chi connectivity index (χ1v) is 7.44. The zero-order valence-corrected chi connectivity index (χ0v) is 13.2. The van der Waals surface area contributed by atoms with E-state index in [9.17, 15) is 9.59 Å². The molecule has 24 heavy (non-hydrogen) atoms. The lowest BCUT2D eigenvalue weighted by Gasteiger charge is -2.12. The summed E-state index contributed by atoms with van der Waals surface area (Å²) < 4.78 is 0. The molecule has 1 amide bonds. The van der Waals surface area contributed by atoms with Crippen LogP contribution in [0.1, 0.15) is 22.8 Å². The predicted molar refractivity (Wildman–Crippen MR) is 98.1 cm³/mol. The van der Waals surface area contributed by atoms with E-state index in [1.807, 2.05) is 13.0 Å². The Morgan fingerprint density at radius 1 is 1.17 bits per heavy atom. The second-order valence-corrected chi connectivity index (χ2v) is 5.62. The van der Waals surface area contributed by atoms with Gasteiger partial charge in [0, 0.05) is 28.4 Å². The van der Waals surface area contributed by atoms with E-state index in [1.54, 1.807) is 36.4 Å². The molecule has 0 spiro atoms. The Labute approximate surface area is 138 Å². The van der Waals surface area contributed by atoms with Crippen LogP contribution in [0.25, 0.3) is 16.5 Å². The lowest BCUT2D eigenvalue weighted by molar-refractivity contribution is 0.102. The first-order valence-electron chi connectivity index (χ1n) is 7.44. The van der Waals surface area contributed by atoms with E-state index in [-0.39, 0.29) is 11.0 Å². The highest BCUT2D eigenvalue weighted by Crippen LogP contribution is 2.25. The van der Waals surface area contributed by atoms with Crippen molar-refractivity contribution in [1.82, 2.24) is 4.98 Å². The van der Waals surface area contributed by atoms with Crippen molar-refractivity contribution in [2.45, 2.75) is 6.92 Å². The van der Waals surface area contributed by atoms with Crippen molar-refractivity contribution in [3.63, 3.8) is 0 Å². The number of aromatic amines is 1. The van der Waals surface area contributed by atoms with Gasteiger partial charge in [0.15, 0.2) is 0 Å². The summed E-state index contributed by atoms with van der Waals surface area (Å²) in [7, 11) is 0. The second kappa shape index (κ2) is 6.04. The van der Waals surface area contributed by atoms with Gasteiger partial charge in [0.1, 0.15) is 5.56 Å². The number of benzene rings is 2. The summed E-state index contributed by atoms with van der Waals surface area (Å²) in [5.41, 5.74) is 8.82. The number of allylic oxidation sites excluding steroid dienone is 1. The maximum atomic E-state index is 12.6. The van der Waals surface area contributed by atoms with Gasteiger partial charge in [-0.2, -0.15) is 0 Å². The van der Waals surface area contributed by atoms with Crippen molar-refractivity contribution < 1.29 is 4.79 Å². The number of aromatic nitrogens is 1. The van der Waals surface area contributed by atoms with Crippen molar-refractivity contribution in [1.29, 1.82) is 0 Å². The van der Waals surface area contributed by atoms with Crippen molar-refractivity contribution >= 4 is 33.8 Å². The molecule has 0 fully saturated rings. The Bertz CT molecular complexity index is 1020. The first-order chi connectivity index (χ1) is 11.5. The molecule has 4 N–H and O–H groups in total. The minimum atomic E-state index is -0.491. The van der Waals surface area contributed by atoms with Gasteiger partial charge in [-0.1, -0.05) is 24.8 Å². The van der Waals surface area contributed by atoms with Crippen LogP contribution >= 0.6 is 0 Å². The molecule has 2 aromatic carbocycles. The number of nitrogens with one attached hydrogen (secondary N) is 2. The van der Waals surface area contributed by atoms with Gasteiger partial charge in [-0.15, -0.1) is 0 Å². The van der Waals surface area contributed by atoms with E-state index in [0.29, 0.717) is 22.3 Å². The number of pyridine rings is 1. The molecule has 1 heterocycles. The molecule has 0 aliphatic heterocycles. The Balaban J connectivity index is 2.03. The number of para-hydroxylation sites is 1. The zero-order chi connectivity index (χ0) is 17.3. The minimum Gasteiger partial charge on any atom is -0.399 e. The van der Waals surface area contributed by atoms with E-state index >= 15 is 0 Å². The van der Waals surface area contributed by atoms with Crippen LogP contribution in [0.2, 0.25) is 0 Å². The fraction of sp³-hybridized carbons (Fsp3) is 0.0526. The Kier molecular flexibility index (Phi) is 3.92. The van der Waals surface area contributed by atoms with Crippen LogP contribution in [0.4, 0.5) is 11.4 Å². The van der Waals surface area contributed by atoms with Gasteiger partial charge in [0.05, 0.1) is 5.69 Å². The molecule has 0 unspecified atom stereocenters. The number of nitrogen functional groups attached to an aromatic ring is 1. The highest BCUT2D eigenvalue weighted by Gasteiger charge is 2.15. The number of amides is 1. The van der Waals surface area contributed by atoms with E-state index in [0.717, 1.165) is 11.1 Å². The quantitative estimate of drug-likeness (QED) is 0.647. The number of carbonyl (C=O) groups is 1. The molecule has 0 saturated carbocycles. The molecule has 0 aliphatic rings. The smallest absolute Gasteiger partial charge is 0.261 e. The van der Waals surface area contributed by atoms with Gasteiger partial charge >= 0.3 is 0 Å². The summed E-state index contributed by atoms with van der Waals surface area (Å²) in [6.07, 6.45) is 1.42. The molecule has 0 aliphatic carbocycles. The summed E-state index contributed by atoms with van der Waals surface area (Å²) in [6.45, 7) is 5.73. The van der Waals surface area contributed by atoms with Crippen molar-refractivity contribution in [2.75, 3.05) is 11.1 Å². The fourth-order valence-electron chi connectivity index (χ4n) is 2.56. The molecule has 5 heteroatoms. The first kappa shape index (κ1) is 15.6. The van der Waals surface area contributed by atoms with Crippen LogP contribution < -0.4 is 16.5 Å². The molecule has 0 bridgehead atoms. The molecular formula is C19H17N3O2. The van der Waals surface area contributed by atoms with E-state index in [2.05, 4.69) is 16.9 Å².